The molecule has 0 radical (unpaired) electrons. The number of aryl methyl sites for hydroxylation is 1. The average Bonchev–Trinajstić information content (AvgIpc) is 2.74. The fourth-order valence-corrected chi connectivity index (χ4v) is 3.70. The number of anilines is 1. The molecule has 140 valence electrons. The van der Waals surface area contributed by atoms with Crippen LogP contribution in [0.25, 0.3) is 10.9 Å². The van der Waals surface area contributed by atoms with Crippen molar-refractivity contribution < 1.29 is 10.1 Å². The number of fused-ring (bicyclic) bond motifs is 1. The summed E-state index contributed by atoms with van der Waals surface area (Å²) in [4.78, 5) is 8.97. The molecule has 2 aromatic heterocycles. The minimum Gasteiger partial charge on any atom is -0.505 e. The summed E-state index contributed by atoms with van der Waals surface area (Å²) in [7, 11) is 0. The Kier molecular flexibility index (Phi) is 5.17. The van der Waals surface area contributed by atoms with Gasteiger partial charge in [0.2, 0.25) is 0 Å². The highest BCUT2D eigenvalue weighted by molar-refractivity contribution is 7.98. The van der Waals surface area contributed by atoms with Crippen LogP contribution in [0.2, 0.25) is 0 Å². The molecule has 0 spiro atoms. The average molecular weight is 389 g/mol. The van der Waals surface area contributed by atoms with Gasteiger partial charge in [-0.2, -0.15) is 0 Å². The van der Waals surface area contributed by atoms with Gasteiger partial charge in [-0.05, 0) is 43.5 Å². The maximum absolute atomic E-state index is 11.1. The predicted molar refractivity (Wildman–Crippen MR) is 115 cm³/mol. The first-order valence-corrected chi connectivity index (χ1v) is 10.3. The molecule has 2 heterocycles. The molecule has 3 N–H and O–H groups in total. The summed E-state index contributed by atoms with van der Waals surface area (Å²) in [6, 6.07) is 22.0. The molecule has 0 saturated heterocycles. The zero-order valence-electron chi connectivity index (χ0n) is 15.8. The Hall–Kier alpha value is -3.05. The van der Waals surface area contributed by atoms with Gasteiger partial charge in [0, 0.05) is 33.2 Å². The highest BCUT2D eigenvalue weighted by Gasteiger charge is 2.24. The smallest absolute Gasteiger partial charge is 0.272 e. The zero-order valence-corrected chi connectivity index (χ0v) is 16.6. The van der Waals surface area contributed by atoms with Crippen molar-refractivity contribution in [3.05, 3.63) is 89.7 Å². The second-order valence-electron chi connectivity index (χ2n) is 6.65. The van der Waals surface area contributed by atoms with Crippen LogP contribution in [0.1, 0.15) is 22.9 Å². The summed E-state index contributed by atoms with van der Waals surface area (Å²) in [6.07, 6.45) is 3.94. The van der Waals surface area contributed by atoms with Crippen LogP contribution in [0.3, 0.4) is 0 Å². The summed E-state index contributed by atoms with van der Waals surface area (Å²) < 4.78 is 0. The number of hydrogen-bond acceptors (Lipinski definition) is 4. The largest absolute Gasteiger partial charge is 0.505 e. The molecule has 2 aromatic carbocycles. The first kappa shape index (κ1) is 18.3. The number of hydrogen-bond donors (Lipinski definition) is 2. The van der Waals surface area contributed by atoms with E-state index in [-0.39, 0.29) is 11.8 Å². The van der Waals surface area contributed by atoms with Crippen LogP contribution in [0.5, 0.6) is 5.75 Å². The van der Waals surface area contributed by atoms with Gasteiger partial charge in [0.25, 0.3) is 5.82 Å². The van der Waals surface area contributed by atoms with Crippen molar-refractivity contribution in [2.75, 3.05) is 11.6 Å². The van der Waals surface area contributed by atoms with Crippen LogP contribution in [0, 0.1) is 6.92 Å². The number of thioether (sulfide) groups is 1. The van der Waals surface area contributed by atoms with Crippen molar-refractivity contribution in [1.29, 1.82) is 0 Å². The molecule has 0 aliphatic carbocycles. The zero-order chi connectivity index (χ0) is 19.5. The Morgan fingerprint density at radius 3 is 2.50 bits per heavy atom. The molecule has 0 aliphatic rings. The molecule has 0 amide bonds. The minimum atomic E-state index is -0.221. The second-order valence-corrected chi connectivity index (χ2v) is 7.53. The van der Waals surface area contributed by atoms with E-state index in [4.69, 9.17) is 0 Å². The lowest BCUT2D eigenvalue weighted by Gasteiger charge is -2.18. The van der Waals surface area contributed by atoms with Crippen molar-refractivity contribution in [2.45, 2.75) is 17.9 Å². The van der Waals surface area contributed by atoms with E-state index in [9.17, 15) is 5.11 Å². The highest BCUT2D eigenvalue weighted by atomic mass is 32.2. The fraction of sp³-hybridized carbons (Fsp3) is 0.130. The summed E-state index contributed by atoms with van der Waals surface area (Å²) in [5.74, 6) is 1.08. The standard InChI is InChI=1S/C23H21N3OS/c1-15-6-7-17-10-13-19(23(27)22(17)25-15)21(26-20-5-3-4-14-24-20)16-8-11-18(28-2)12-9-16/h3-14,21,27H,1-2H3,(H,24,26)/p+1/t21-/m0/s1. The molecule has 0 unspecified atom stereocenters. The fourth-order valence-electron chi connectivity index (χ4n) is 3.30. The van der Waals surface area contributed by atoms with Gasteiger partial charge >= 0.3 is 0 Å². The summed E-state index contributed by atoms with van der Waals surface area (Å²) in [5.41, 5.74) is 3.37. The number of aromatic hydroxyl groups is 1. The summed E-state index contributed by atoms with van der Waals surface area (Å²) in [6.45, 7) is 1.93. The molecule has 4 rings (SSSR count). The van der Waals surface area contributed by atoms with E-state index in [1.165, 1.54) is 4.90 Å². The number of rotatable bonds is 5. The van der Waals surface area contributed by atoms with E-state index >= 15 is 0 Å². The van der Waals surface area contributed by atoms with Gasteiger partial charge < -0.3 is 5.11 Å². The van der Waals surface area contributed by atoms with Gasteiger partial charge in [0.05, 0.1) is 6.20 Å². The van der Waals surface area contributed by atoms with Crippen LogP contribution < -0.4 is 10.3 Å². The van der Waals surface area contributed by atoms with Gasteiger partial charge in [0.1, 0.15) is 17.3 Å². The Labute approximate surface area is 168 Å². The number of nitrogens with one attached hydrogen (secondary N) is 2. The van der Waals surface area contributed by atoms with E-state index in [1.807, 2.05) is 55.6 Å². The Morgan fingerprint density at radius 2 is 1.79 bits per heavy atom. The molecule has 0 bridgehead atoms. The highest BCUT2D eigenvalue weighted by Crippen LogP contribution is 2.36. The lowest BCUT2D eigenvalue weighted by Crippen LogP contribution is -2.18. The quantitative estimate of drug-likeness (QED) is 0.473. The van der Waals surface area contributed by atoms with Crippen molar-refractivity contribution in [2.24, 2.45) is 0 Å². The van der Waals surface area contributed by atoms with Crippen molar-refractivity contribution >= 4 is 28.5 Å². The molecule has 0 saturated carbocycles. The molecular formula is C23H22N3OS+. The van der Waals surface area contributed by atoms with E-state index in [1.54, 1.807) is 11.8 Å². The van der Waals surface area contributed by atoms with Gasteiger partial charge in [-0.3, -0.25) is 5.32 Å². The first-order chi connectivity index (χ1) is 13.7. The van der Waals surface area contributed by atoms with Crippen molar-refractivity contribution in [3.63, 3.8) is 0 Å². The number of aromatic amines is 1. The minimum absolute atomic E-state index is 0.212. The van der Waals surface area contributed by atoms with Gasteiger partial charge in [-0.1, -0.05) is 30.3 Å². The number of nitrogens with zero attached hydrogens (tertiary/aromatic N) is 1. The van der Waals surface area contributed by atoms with Crippen LogP contribution in [-0.4, -0.2) is 16.3 Å². The van der Waals surface area contributed by atoms with E-state index < -0.39 is 0 Å². The number of phenols is 1. The molecule has 4 aromatic rings. The number of H-pyrrole nitrogens is 1. The third-order valence-electron chi connectivity index (χ3n) is 4.77. The van der Waals surface area contributed by atoms with E-state index in [0.29, 0.717) is 5.52 Å². The normalized spacial score (nSPS) is 12.1. The van der Waals surface area contributed by atoms with Gasteiger partial charge in [0.15, 0.2) is 0 Å². The third-order valence-corrected chi connectivity index (χ3v) is 5.52. The Bertz CT molecular complexity index is 1100. The van der Waals surface area contributed by atoms with Crippen LogP contribution in [0.15, 0.2) is 77.8 Å². The topological polar surface area (TPSA) is 59.3 Å². The first-order valence-electron chi connectivity index (χ1n) is 9.12. The molecule has 5 heteroatoms. The van der Waals surface area contributed by atoms with Crippen molar-refractivity contribution in [1.82, 2.24) is 4.98 Å². The number of benzene rings is 2. The molecule has 0 fully saturated rings. The second kappa shape index (κ2) is 7.90. The molecule has 1 atom stereocenters. The maximum Gasteiger partial charge on any atom is 0.272 e. The maximum atomic E-state index is 11.1. The Balaban J connectivity index is 1.84. The third kappa shape index (κ3) is 3.66. The van der Waals surface area contributed by atoms with Crippen LogP contribution in [0.4, 0.5) is 5.82 Å². The van der Waals surface area contributed by atoms with Gasteiger partial charge in [-0.15, -0.1) is 11.8 Å². The molecule has 28 heavy (non-hydrogen) atoms. The number of aromatic nitrogens is 2. The van der Waals surface area contributed by atoms with Crippen molar-refractivity contribution in [3.8, 4) is 5.75 Å². The summed E-state index contributed by atoms with van der Waals surface area (Å²) in [5, 5.41) is 15.5. The predicted octanol–water partition coefficient (Wildman–Crippen LogP) is 4.99. The molecular weight excluding hydrogens is 366 g/mol. The summed E-state index contributed by atoms with van der Waals surface area (Å²) >= 11 is 1.71. The monoisotopic (exact) mass is 388 g/mol. The lowest BCUT2D eigenvalue weighted by atomic mass is 9.96. The molecule has 0 aliphatic heterocycles. The van der Waals surface area contributed by atoms with Crippen LogP contribution in [-0.2, 0) is 0 Å². The number of phenolic OH excluding ortho intramolecular Hbond substituents is 1. The lowest BCUT2D eigenvalue weighted by molar-refractivity contribution is -0.361. The van der Waals surface area contributed by atoms with E-state index in [2.05, 4.69) is 45.8 Å². The van der Waals surface area contributed by atoms with Gasteiger partial charge in [-0.25, -0.2) is 9.97 Å². The van der Waals surface area contributed by atoms with Crippen LogP contribution >= 0.6 is 11.8 Å². The Morgan fingerprint density at radius 1 is 1.00 bits per heavy atom. The number of pyridine rings is 2. The SMILES string of the molecule is CSc1ccc([C@H](Nc2cccc[nH+]2)c2ccc3ccc(C)nc3c2O)cc1. The molecule has 4 nitrogen and oxygen atoms in total. The van der Waals surface area contributed by atoms with E-state index in [0.717, 1.165) is 28.0 Å².